The van der Waals surface area contributed by atoms with Crippen molar-refractivity contribution in [1.29, 1.82) is 0 Å². The molecule has 234 valence electrons. The molecule has 0 saturated heterocycles. The Morgan fingerprint density at radius 1 is 1.15 bits per heavy atom. The second-order valence-electron chi connectivity index (χ2n) is 10.7. The predicted octanol–water partition coefficient (Wildman–Crippen LogP) is 3.31. The molecular weight excluding hydrogens is 573 g/mol. The molecule has 1 amide bonds. The van der Waals surface area contributed by atoms with Crippen LogP contribution in [-0.4, -0.2) is 86.7 Å². The highest BCUT2D eigenvalue weighted by Crippen LogP contribution is 2.22. The molecule has 0 radical (unpaired) electrons. The number of sulfonamides is 1. The zero-order valence-corrected chi connectivity index (χ0v) is 24.3. The minimum Gasteiger partial charge on any atom is -0.390 e. The molecule has 2 rings (SSSR count). The molecular formula is C27H40F5N3O5S. The lowest BCUT2D eigenvalue weighted by molar-refractivity contribution is -0.130. The Labute approximate surface area is 238 Å². The Morgan fingerprint density at radius 2 is 1.80 bits per heavy atom. The summed E-state index contributed by atoms with van der Waals surface area (Å²) in [5.74, 6) is -3.51. The summed E-state index contributed by atoms with van der Waals surface area (Å²) in [6, 6.07) is 0.101. The van der Waals surface area contributed by atoms with E-state index in [9.17, 15) is 40.3 Å². The maximum absolute atomic E-state index is 13.9. The fourth-order valence-corrected chi connectivity index (χ4v) is 5.90. The molecule has 4 atom stereocenters. The number of rotatable bonds is 8. The van der Waals surface area contributed by atoms with E-state index in [4.69, 9.17) is 4.74 Å². The predicted molar refractivity (Wildman–Crippen MR) is 144 cm³/mol. The summed E-state index contributed by atoms with van der Waals surface area (Å²) in [5.41, 5.74) is 0.137. The van der Waals surface area contributed by atoms with Gasteiger partial charge in [-0.25, -0.2) is 17.2 Å². The van der Waals surface area contributed by atoms with Gasteiger partial charge in [0.25, 0.3) is 0 Å². The third-order valence-corrected chi connectivity index (χ3v) is 8.52. The van der Waals surface area contributed by atoms with Crippen LogP contribution >= 0.6 is 0 Å². The van der Waals surface area contributed by atoms with Crippen LogP contribution in [0.25, 0.3) is 0 Å². The Hall–Kier alpha value is -2.13. The van der Waals surface area contributed by atoms with Gasteiger partial charge < -0.3 is 20.5 Å². The lowest BCUT2D eigenvalue weighted by atomic mass is 9.99. The van der Waals surface area contributed by atoms with Crippen molar-refractivity contribution in [2.24, 2.45) is 5.92 Å². The third-order valence-electron chi connectivity index (χ3n) is 6.67. The van der Waals surface area contributed by atoms with Gasteiger partial charge in [0.1, 0.15) is 17.7 Å². The van der Waals surface area contributed by atoms with E-state index in [0.29, 0.717) is 29.3 Å². The average molecular weight is 614 g/mol. The number of benzene rings is 1. The Kier molecular flexibility index (Phi) is 13.6. The van der Waals surface area contributed by atoms with Crippen molar-refractivity contribution in [3.8, 4) is 0 Å². The topological polar surface area (TPSA) is 108 Å². The lowest BCUT2D eigenvalue weighted by Crippen LogP contribution is -2.56. The molecule has 1 aromatic carbocycles. The lowest BCUT2D eigenvalue weighted by Gasteiger charge is -2.31. The summed E-state index contributed by atoms with van der Waals surface area (Å²) in [7, 11) is -3.47. The number of nitrogens with zero attached hydrogens (tertiary/aromatic N) is 1. The molecule has 0 aromatic heterocycles. The molecule has 0 fully saturated rings. The first kappa shape index (κ1) is 35.1. The van der Waals surface area contributed by atoms with Gasteiger partial charge in [-0.05, 0) is 49.3 Å². The first-order valence-electron chi connectivity index (χ1n) is 13.5. The number of β-amino-alcohol motifs (C(OH)–C–C–N with tert-alkyl or cyclic N) is 1. The highest BCUT2D eigenvalue weighted by Gasteiger charge is 2.37. The van der Waals surface area contributed by atoms with Crippen LogP contribution in [0.15, 0.2) is 30.4 Å². The molecule has 1 aliphatic heterocycles. The van der Waals surface area contributed by atoms with Crippen molar-refractivity contribution < 1.29 is 45.0 Å². The largest absolute Gasteiger partial charge is 0.390 e. The summed E-state index contributed by atoms with van der Waals surface area (Å²) in [6.45, 7) is 4.57. The van der Waals surface area contributed by atoms with E-state index in [0.717, 1.165) is 19.2 Å². The number of alkyl halides is 3. The van der Waals surface area contributed by atoms with Gasteiger partial charge in [0.15, 0.2) is 0 Å². The highest BCUT2D eigenvalue weighted by molar-refractivity contribution is 7.89. The van der Waals surface area contributed by atoms with Crippen LogP contribution < -0.4 is 10.6 Å². The number of halogens is 5. The van der Waals surface area contributed by atoms with E-state index in [-0.39, 0.29) is 44.0 Å². The number of likely N-dealkylation sites (N-methyl/N-ethyl adjacent to an activating group) is 1. The van der Waals surface area contributed by atoms with Gasteiger partial charge in [-0.2, -0.15) is 17.5 Å². The van der Waals surface area contributed by atoms with Gasteiger partial charge in [-0.1, -0.05) is 26.0 Å². The van der Waals surface area contributed by atoms with Crippen LogP contribution in [0.3, 0.4) is 0 Å². The Morgan fingerprint density at radius 3 is 2.41 bits per heavy atom. The first-order valence-corrected chi connectivity index (χ1v) is 15.1. The number of carbonyl (C=O) groups is 1. The summed E-state index contributed by atoms with van der Waals surface area (Å²) in [4.78, 5) is 13.5. The van der Waals surface area contributed by atoms with Crippen molar-refractivity contribution in [2.75, 3.05) is 32.6 Å². The van der Waals surface area contributed by atoms with Crippen LogP contribution in [-0.2, 0) is 26.0 Å². The molecule has 14 heteroatoms. The molecule has 8 nitrogen and oxygen atoms in total. The van der Waals surface area contributed by atoms with Crippen molar-refractivity contribution in [1.82, 2.24) is 14.9 Å². The second kappa shape index (κ2) is 15.9. The van der Waals surface area contributed by atoms with Crippen molar-refractivity contribution >= 4 is 15.9 Å². The molecule has 3 N–H and O–H groups in total. The number of hydrogen-bond donors (Lipinski definition) is 3. The smallest absolute Gasteiger partial charge is 0.390 e. The summed E-state index contributed by atoms with van der Waals surface area (Å²) in [6.07, 6.45) is -3.55. The number of nitrogens with one attached hydrogen (secondary N) is 2. The summed E-state index contributed by atoms with van der Waals surface area (Å²) < 4.78 is 97.9. The normalized spacial score (nSPS) is 25.0. The first-order chi connectivity index (χ1) is 19.1. The second-order valence-corrected chi connectivity index (χ2v) is 12.8. The summed E-state index contributed by atoms with van der Waals surface area (Å²) >= 11 is 0. The molecule has 1 heterocycles. The Balaban J connectivity index is 2.38. The minimum absolute atomic E-state index is 0.0380. The van der Waals surface area contributed by atoms with Gasteiger partial charge in [0, 0.05) is 25.7 Å². The standard InChI is InChI=1S/C27H40F5N3O5S/c1-18(2)11-22-17-40-9-6-4-5-7-24(35(3)41(38,39)10-8-27(30,31)32)26(37)34-23(25(36)16-33-22)14-19-12-20(28)15-21(29)13-19/h4,6,12-13,15,18,22-25,33,36H,5,7-11,14,16-17H2,1-3H3,(H,34,37)/b6-4+/t22-,23+,24+,25-/m1/s1. The van der Waals surface area contributed by atoms with Gasteiger partial charge in [0.2, 0.25) is 15.9 Å². The van der Waals surface area contributed by atoms with Crippen molar-refractivity contribution in [3.63, 3.8) is 0 Å². The number of amides is 1. The zero-order valence-electron chi connectivity index (χ0n) is 23.5. The molecule has 1 aliphatic rings. The van der Waals surface area contributed by atoms with Crippen LogP contribution in [0.4, 0.5) is 22.0 Å². The van der Waals surface area contributed by atoms with Gasteiger partial charge in [-0.15, -0.1) is 0 Å². The number of aliphatic hydroxyl groups excluding tert-OH is 1. The molecule has 0 unspecified atom stereocenters. The number of aliphatic hydroxyl groups is 1. The van der Waals surface area contributed by atoms with Crippen LogP contribution in [0.2, 0.25) is 0 Å². The Bertz CT molecular complexity index is 1100. The SMILES string of the molecule is CC(C)C[C@@H]1COC/C=C/CC[C@H](N(C)S(=O)(=O)CCC(F)(F)F)C(=O)N[C@@H](Cc2cc(F)cc(F)c2)[C@H](O)CN1. The average Bonchev–Trinajstić information content (AvgIpc) is 2.85. The van der Waals surface area contributed by atoms with E-state index in [1.807, 2.05) is 13.8 Å². The van der Waals surface area contributed by atoms with Crippen molar-refractivity contribution in [2.45, 2.75) is 76.4 Å². The van der Waals surface area contributed by atoms with Crippen LogP contribution in [0, 0.1) is 17.6 Å². The number of ether oxygens (including phenoxy) is 1. The molecule has 0 saturated carbocycles. The third kappa shape index (κ3) is 12.7. The van der Waals surface area contributed by atoms with Crippen LogP contribution in [0.5, 0.6) is 0 Å². The number of allylic oxidation sites excluding steroid dienone is 1. The summed E-state index contributed by atoms with van der Waals surface area (Å²) in [5, 5.41) is 16.9. The van der Waals surface area contributed by atoms with E-state index in [1.165, 1.54) is 0 Å². The highest BCUT2D eigenvalue weighted by atomic mass is 32.2. The molecule has 41 heavy (non-hydrogen) atoms. The molecule has 0 spiro atoms. The van der Waals surface area contributed by atoms with E-state index >= 15 is 0 Å². The van der Waals surface area contributed by atoms with Crippen molar-refractivity contribution in [3.05, 3.63) is 47.5 Å². The van der Waals surface area contributed by atoms with Gasteiger partial charge >= 0.3 is 6.18 Å². The maximum Gasteiger partial charge on any atom is 0.390 e. The monoisotopic (exact) mass is 613 g/mol. The molecule has 0 bridgehead atoms. The van der Waals surface area contributed by atoms with Crippen LogP contribution in [0.1, 0.15) is 45.1 Å². The van der Waals surface area contributed by atoms with E-state index < -0.39 is 64.1 Å². The number of hydrogen-bond acceptors (Lipinski definition) is 6. The van der Waals surface area contributed by atoms with Gasteiger partial charge in [-0.3, -0.25) is 4.79 Å². The van der Waals surface area contributed by atoms with E-state index in [2.05, 4.69) is 10.6 Å². The molecule has 0 aliphatic carbocycles. The zero-order chi connectivity index (χ0) is 30.8. The van der Waals surface area contributed by atoms with Gasteiger partial charge in [0.05, 0.1) is 37.5 Å². The maximum atomic E-state index is 13.9. The quantitative estimate of drug-likeness (QED) is 0.307. The minimum atomic E-state index is -4.71. The van der Waals surface area contributed by atoms with E-state index in [1.54, 1.807) is 12.2 Å². The number of carbonyl (C=O) groups excluding carboxylic acids is 1. The fourth-order valence-electron chi connectivity index (χ4n) is 4.53. The molecule has 1 aromatic rings. The fraction of sp³-hybridized carbons (Fsp3) is 0.667.